The maximum atomic E-state index is 12.0. The molecule has 5 nitrogen and oxygen atoms in total. The summed E-state index contributed by atoms with van der Waals surface area (Å²) in [5.41, 5.74) is 1.03. The van der Waals surface area contributed by atoms with E-state index >= 15 is 0 Å². The summed E-state index contributed by atoms with van der Waals surface area (Å²) in [6.45, 7) is 2.27. The largest absolute Gasteiger partial charge is 0.465 e. The van der Waals surface area contributed by atoms with E-state index in [4.69, 9.17) is 4.42 Å². The number of carbonyl (C=O) groups is 2. The number of likely N-dealkylation sites (N-methyl/N-ethyl adjacent to an activating group) is 1. The number of carbonyl (C=O) groups excluding carboxylic acids is 2. The van der Waals surface area contributed by atoms with E-state index < -0.39 is 5.91 Å². The van der Waals surface area contributed by atoms with E-state index in [1.54, 1.807) is 25.1 Å². The van der Waals surface area contributed by atoms with E-state index in [1.165, 1.54) is 18.4 Å². The molecule has 0 aliphatic carbocycles. The van der Waals surface area contributed by atoms with Gasteiger partial charge in [0.15, 0.2) is 0 Å². The number of nitrogens with one attached hydrogen (secondary N) is 2. The lowest BCUT2D eigenvalue weighted by Crippen LogP contribution is -2.33. The summed E-state index contributed by atoms with van der Waals surface area (Å²) < 4.78 is 5.18. The van der Waals surface area contributed by atoms with Crippen molar-refractivity contribution in [2.24, 2.45) is 0 Å². The zero-order valence-corrected chi connectivity index (χ0v) is 12.8. The van der Waals surface area contributed by atoms with Crippen LogP contribution in [0.3, 0.4) is 0 Å². The Hall–Kier alpha value is -3.08. The van der Waals surface area contributed by atoms with Gasteiger partial charge in [-0.15, -0.1) is 0 Å². The van der Waals surface area contributed by atoms with Crippen molar-refractivity contribution in [1.29, 1.82) is 0 Å². The molecule has 5 heteroatoms. The Labute approximate surface area is 134 Å². The summed E-state index contributed by atoms with van der Waals surface area (Å²) in [7, 11) is 0. The molecule has 2 aromatic rings. The fourth-order valence-electron chi connectivity index (χ4n) is 1.84. The predicted molar refractivity (Wildman–Crippen MR) is 89.0 cm³/mol. The topological polar surface area (TPSA) is 71.3 Å². The summed E-state index contributed by atoms with van der Waals surface area (Å²) in [5, 5.41) is 5.22. The molecule has 23 heavy (non-hydrogen) atoms. The fourth-order valence-corrected chi connectivity index (χ4v) is 1.84. The lowest BCUT2D eigenvalue weighted by atomic mass is 10.2. The molecule has 0 bridgehead atoms. The summed E-state index contributed by atoms with van der Waals surface area (Å²) in [6, 6.07) is 12.8. The van der Waals surface area contributed by atoms with Crippen molar-refractivity contribution in [2.45, 2.75) is 6.92 Å². The van der Waals surface area contributed by atoms with Crippen molar-refractivity contribution in [3.8, 4) is 0 Å². The van der Waals surface area contributed by atoms with Crippen molar-refractivity contribution in [3.63, 3.8) is 0 Å². The molecular weight excluding hydrogens is 292 g/mol. The Kier molecular flexibility index (Phi) is 5.94. The Bertz CT molecular complexity index is 701. The summed E-state index contributed by atoms with van der Waals surface area (Å²) in [4.78, 5) is 24.0. The Morgan fingerprint density at radius 3 is 2.57 bits per heavy atom. The van der Waals surface area contributed by atoms with Crippen LogP contribution in [0, 0.1) is 0 Å². The first-order chi connectivity index (χ1) is 11.2. The van der Waals surface area contributed by atoms with Gasteiger partial charge >= 0.3 is 0 Å². The SMILES string of the molecule is CCNC(=O)C(=Cc1ccco1)NC(=O)C=Cc1ccccc1. The molecule has 0 saturated heterocycles. The van der Waals surface area contributed by atoms with Gasteiger partial charge in [-0.2, -0.15) is 0 Å². The molecule has 2 rings (SSSR count). The van der Waals surface area contributed by atoms with Crippen LogP contribution >= 0.6 is 0 Å². The van der Waals surface area contributed by atoms with Gasteiger partial charge in [-0.1, -0.05) is 30.3 Å². The molecule has 1 aromatic heterocycles. The van der Waals surface area contributed by atoms with Crippen LogP contribution in [-0.2, 0) is 9.59 Å². The number of furan rings is 1. The summed E-state index contributed by atoms with van der Waals surface area (Å²) in [5.74, 6) is -0.276. The van der Waals surface area contributed by atoms with E-state index in [1.807, 2.05) is 30.3 Å². The molecule has 118 valence electrons. The predicted octanol–water partition coefficient (Wildman–Crippen LogP) is 2.59. The monoisotopic (exact) mass is 310 g/mol. The Balaban J connectivity index is 2.09. The molecule has 0 radical (unpaired) electrons. The van der Waals surface area contributed by atoms with Crippen molar-refractivity contribution in [3.05, 3.63) is 71.8 Å². The van der Waals surface area contributed by atoms with Gasteiger partial charge in [0.05, 0.1) is 6.26 Å². The van der Waals surface area contributed by atoms with Gasteiger partial charge in [-0.25, -0.2) is 0 Å². The van der Waals surface area contributed by atoms with Crippen molar-refractivity contribution in [1.82, 2.24) is 10.6 Å². The van der Waals surface area contributed by atoms with Crippen LogP contribution in [0.5, 0.6) is 0 Å². The molecule has 1 aromatic carbocycles. The number of rotatable bonds is 6. The van der Waals surface area contributed by atoms with Crippen LogP contribution < -0.4 is 10.6 Å². The smallest absolute Gasteiger partial charge is 0.267 e. The van der Waals surface area contributed by atoms with Crippen molar-refractivity contribution in [2.75, 3.05) is 6.54 Å². The number of benzene rings is 1. The van der Waals surface area contributed by atoms with Gasteiger partial charge in [0.1, 0.15) is 11.5 Å². The zero-order chi connectivity index (χ0) is 16.5. The fraction of sp³-hybridized carbons (Fsp3) is 0.111. The van der Waals surface area contributed by atoms with Crippen LogP contribution in [0.2, 0.25) is 0 Å². The van der Waals surface area contributed by atoms with Gasteiger partial charge in [-0.3, -0.25) is 9.59 Å². The van der Waals surface area contributed by atoms with E-state index in [0.29, 0.717) is 12.3 Å². The first-order valence-electron chi connectivity index (χ1n) is 7.26. The van der Waals surface area contributed by atoms with Crippen LogP contribution in [0.15, 0.2) is 64.9 Å². The quantitative estimate of drug-likeness (QED) is 0.806. The van der Waals surface area contributed by atoms with E-state index in [9.17, 15) is 9.59 Å². The molecule has 0 unspecified atom stereocenters. The highest BCUT2D eigenvalue weighted by Gasteiger charge is 2.11. The van der Waals surface area contributed by atoms with Crippen LogP contribution in [-0.4, -0.2) is 18.4 Å². The minimum absolute atomic E-state index is 0.129. The molecule has 0 aliphatic rings. The molecular formula is C18H18N2O3. The average Bonchev–Trinajstić information content (AvgIpc) is 3.06. The van der Waals surface area contributed by atoms with E-state index in [0.717, 1.165) is 5.56 Å². The van der Waals surface area contributed by atoms with Gasteiger partial charge in [-0.05, 0) is 30.7 Å². The highest BCUT2D eigenvalue weighted by Crippen LogP contribution is 2.06. The van der Waals surface area contributed by atoms with Gasteiger partial charge in [0, 0.05) is 18.7 Å². The van der Waals surface area contributed by atoms with Crippen molar-refractivity contribution >= 4 is 24.0 Å². The minimum atomic E-state index is -0.391. The molecule has 0 saturated carbocycles. The second-order valence-corrected chi connectivity index (χ2v) is 4.67. The van der Waals surface area contributed by atoms with Gasteiger partial charge < -0.3 is 15.1 Å². The number of amides is 2. The standard InChI is InChI=1S/C18H18N2O3/c1-2-19-18(22)16(13-15-9-6-12-23-15)20-17(21)11-10-14-7-4-3-5-8-14/h3-13H,2H2,1H3,(H,19,22)(H,20,21). The van der Waals surface area contributed by atoms with Crippen LogP contribution in [0.25, 0.3) is 12.2 Å². The average molecular weight is 310 g/mol. The second-order valence-electron chi connectivity index (χ2n) is 4.67. The second kappa shape index (κ2) is 8.38. The van der Waals surface area contributed by atoms with Crippen LogP contribution in [0.1, 0.15) is 18.2 Å². The van der Waals surface area contributed by atoms with E-state index in [-0.39, 0.29) is 11.6 Å². The van der Waals surface area contributed by atoms with Gasteiger partial charge in [0.25, 0.3) is 5.91 Å². The molecule has 0 spiro atoms. The number of hydrogen-bond donors (Lipinski definition) is 2. The summed E-state index contributed by atoms with van der Waals surface area (Å²) in [6.07, 6.45) is 6.04. The first-order valence-corrected chi connectivity index (χ1v) is 7.26. The lowest BCUT2D eigenvalue weighted by Gasteiger charge is -2.07. The molecule has 0 fully saturated rings. The highest BCUT2D eigenvalue weighted by molar-refractivity contribution is 6.04. The molecule has 0 aliphatic heterocycles. The molecule has 0 atom stereocenters. The highest BCUT2D eigenvalue weighted by atomic mass is 16.3. The normalized spacial score (nSPS) is 11.4. The third kappa shape index (κ3) is 5.32. The third-order valence-corrected chi connectivity index (χ3v) is 2.90. The van der Waals surface area contributed by atoms with E-state index in [2.05, 4.69) is 10.6 Å². The minimum Gasteiger partial charge on any atom is -0.465 e. The number of hydrogen-bond acceptors (Lipinski definition) is 3. The van der Waals surface area contributed by atoms with Crippen LogP contribution in [0.4, 0.5) is 0 Å². The van der Waals surface area contributed by atoms with Gasteiger partial charge in [0.2, 0.25) is 5.91 Å². The maximum Gasteiger partial charge on any atom is 0.267 e. The molecule has 1 heterocycles. The maximum absolute atomic E-state index is 12.0. The Morgan fingerprint density at radius 1 is 1.13 bits per heavy atom. The molecule has 2 N–H and O–H groups in total. The zero-order valence-electron chi connectivity index (χ0n) is 12.8. The lowest BCUT2D eigenvalue weighted by molar-refractivity contribution is -0.121. The third-order valence-electron chi connectivity index (χ3n) is 2.90. The Morgan fingerprint density at radius 2 is 1.91 bits per heavy atom. The van der Waals surface area contributed by atoms with Crippen molar-refractivity contribution < 1.29 is 14.0 Å². The summed E-state index contributed by atoms with van der Waals surface area (Å²) >= 11 is 0. The first kappa shape index (κ1) is 16.3. The molecule has 2 amide bonds.